The molecule has 5 heterocycles. The molecule has 0 unspecified atom stereocenters. The number of aromatic amines is 2. The molecule has 3 aliphatic heterocycles. The van der Waals surface area contributed by atoms with Crippen molar-refractivity contribution in [2.24, 2.45) is 4.99 Å². The summed E-state index contributed by atoms with van der Waals surface area (Å²) in [7, 11) is 6.88. The molecule has 0 saturated carbocycles. The van der Waals surface area contributed by atoms with E-state index in [0.717, 1.165) is 111 Å². The Morgan fingerprint density at radius 3 is 1.47 bits per heavy atom. The first-order chi connectivity index (χ1) is 29.5. The molecule has 8 heteroatoms. The lowest BCUT2D eigenvalue weighted by Crippen LogP contribution is -2.19. The van der Waals surface area contributed by atoms with E-state index in [-0.39, 0.29) is 0 Å². The number of methoxy groups -OCH3 is 4. The summed E-state index contributed by atoms with van der Waals surface area (Å²) < 4.78 is 21.7. The number of aliphatic imine (C=N–C) groups is 1. The van der Waals surface area contributed by atoms with Crippen molar-refractivity contribution in [1.82, 2.24) is 15.3 Å². The Morgan fingerprint density at radius 1 is 0.517 bits per heavy atom. The van der Waals surface area contributed by atoms with E-state index >= 15 is 0 Å². The lowest BCUT2D eigenvalue weighted by Gasteiger charge is -2.06. The van der Waals surface area contributed by atoms with Crippen LogP contribution in [-0.4, -0.2) is 44.1 Å². The molecule has 3 aliphatic rings. The van der Waals surface area contributed by atoms with Gasteiger partial charge in [0.25, 0.3) is 0 Å². The average molecular weight is 792 g/mol. The minimum Gasteiger partial charge on any atom is -0.380 e. The lowest BCUT2D eigenvalue weighted by molar-refractivity contribution is 0.185. The van der Waals surface area contributed by atoms with Gasteiger partial charge in [0, 0.05) is 62.6 Å². The quantitative estimate of drug-likeness (QED) is 0.116. The maximum Gasteiger partial charge on any atom is 0.157 e. The molecule has 6 aromatic rings. The Hall–Kier alpha value is -6.68. The summed E-state index contributed by atoms with van der Waals surface area (Å²) in [6, 6.07) is 38.7. The highest BCUT2D eigenvalue weighted by Gasteiger charge is 2.29. The van der Waals surface area contributed by atoms with Gasteiger partial charge in [-0.05, 0) is 93.6 Å². The molecule has 0 radical (unpaired) electrons. The highest BCUT2D eigenvalue weighted by molar-refractivity contribution is 6.34. The minimum atomic E-state index is 0.556. The van der Waals surface area contributed by atoms with Crippen molar-refractivity contribution >= 4 is 40.4 Å². The van der Waals surface area contributed by atoms with Crippen molar-refractivity contribution in [3.63, 3.8) is 0 Å². The van der Waals surface area contributed by atoms with Crippen molar-refractivity contribution in [3.8, 4) is 22.3 Å². The standard InChI is InChI=1S/C52H47N4O4/c1-57-29-33-5-13-37(14-6-33)41-25-49-50-26-42(38-15-7-34(8-16-38)30-58-2)47(54-50)23-24-48-44(40-19-11-36(12-20-40)32-60-4)28-52(56-48)51-27-43(46(55-51)22-21-45(41)53-49)39-17-9-35(10-18-39)31-59-3/h5-28,53-55H,29-32H2,1-4H3/q+1. The molecule has 4 aromatic carbocycles. The Morgan fingerprint density at radius 2 is 0.967 bits per heavy atom. The number of H-pyrrole nitrogens is 2. The van der Waals surface area contributed by atoms with E-state index in [1.165, 1.54) is 0 Å². The summed E-state index contributed by atoms with van der Waals surface area (Å²) in [5, 5.41) is 7.64. The van der Waals surface area contributed by atoms with Gasteiger partial charge in [0.05, 0.1) is 60.5 Å². The van der Waals surface area contributed by atoms with Crippen molar-refractivity contribution in [2.45, 2.75) is 26.4 Å². The first-order valence-electron chi connectivity index (χ1n) is 20.1. The van der Waals surface area contributed by atoms with Crippen LogP contribution in [0.15, 0.2) is 138 Å². The maximum absolute atomic E-state index is 5.42. The van der Waals surface area contributed by atoms with Gasteiger partial charge in [-0.25, -0.2) is 4.99 Å². The molecule has 8 nitrogen and oxygen atoms in total. The third-order valence-electron chi connectivity index (χ3n) is 11.0. The molecule has 0 fully saturated rings. The predicted octanol–water partition coefficient (Wildman–Crippen LogP) is 7.07. The molecule has 0 atom stereocenters. The zero-order valence-electron chi connectivity index (χ0n) is 34.3. The second-order valence-electron chi connectivity index (χ2n) is 15.2. The van der Waals surface area contributed by atoms with Crippen LogP contribution in [0.3, 0.4) is 0 Å². The van der Waals surface area contributed by atoms with E-state index in [9.17, 15) is 0 Å². The lowest BCUT2D eigenvalue weighted by atomic mass is 9.98. The second kappa shape index (κ2) is 17.3. The van der Waals surface area contributed by atoms with E-state index in [1.54, 1.807) is 28.4 Å². The van der Waals surface area contributed by atoms with Crippen molar-refractivity contribution in [2.75, 3.05) is 28.4 Å². The first-order valence-corrected chi connectivity index (χ1v) is 20.1. The summed E-state index contributed by atoms with van der Waals surface area (Å²) in [5.74, 6) is 0. The zero-order chi connectivity index (χ0) is 41.0. The van der Waals surface area contributed by atoms with Gasteiger partial charge in [0.2, 0.25) is 0 Å². The van der Waals surface area contributed by atoms with E-state index < -0.39 is 0 Å². The second-order valence-corrected chi connectivity index (χ2v) is 15.2. The smallest absolute Gasteiger partial charge is 0.157 e. The van der Waals surface area contributed by atoms with Crippen LogP contribution < -0.4 is 26.7 Å². The largest absolute Gasteiger partial charge is 0.380 e. The number of hydrogen-bond acceptors (Lipinski definition) is 6. The molecule has 9 rings (SSSR count). The van der Waals surface area contributed by atoms with Crippen LogP contribution in [0.5, 0.6) is 0 Å². The number of nitrogens with zero attached hydrogens (tertiary/aromatic N) is 1. The Kier molecular flexibility index (Phi) is 11.2. The SMILES string of the molecule is COCc1ccc(C2=CC3=c4cc(-c5ccc(COC)cc5)c([nH]4)=CC=c4[nH]c(cc4-c4ccc(COC)cc4)=C4[CH+]C(c5ccc(COC)cc5)=C(C=CC2=N3)N4)cc1. The monoisotopic (exact) mass is 791 g/mol. The van der Waals surface area contributed by atoms with E-state index in [1.807, 2.05) is 0 Å². The van der Waals surface area contributed by atoms with Gasteiger partial charge in [0.1, 0.15) is 16.6 Å². The highest BCUT2D eigenvalue weighted by atomic mass is 16.5. The molecule has 0 spiro atoms. The van der Waals surface area contributed by atoms with Gasteiger partial charge < -0.3 is 28.9 Å². The number of allylic oxidation sites excluding steroid dienone is 3. The summed E-state index contributed by atoms with van der Waals surface area (Å²) >= 11 is 0. The Balaban J connectivity index is 1.28. The highest BCUT2D eigenvalue weighted by Crippen LogP contribution is 2.33. The topological polar surface area (TPSA) is 92.9 Å². The van der Waals surface area contributed by atoms with Gasteiger partial charge in [0.15, 0.2) is 5.70 Å². The fraction of sp³-hybridized carbons (Fsp3) is 0.154. The Bertz CT molecular complexity index is 2930. The number of benzene rings is 4. The molecule has 60 heavy (non-hydrogen) atoms. The minimum absolute atomic E-state index is 0.556. The fourth-order valence-electron chi connectivity index (χ4n) is 8.00. The molecule has 2 aromatic heterocycles. The molecule has 3 N–H and O–H groups in total. The van der Waals surface area contributed by atoms with Crippen molar-refractivity contribution < 1.29 is 18.9 Å². The molecular weight excluding hydrogens is 745 g/mol. The number of hydrogen-bond donors (Lipinski definition) is 3. The molecule has 0 aliphatic carbocycles. The molecule has 0 saturated heterocycles. The van der Waals surface area contributed by atoms with E-state index in [0.29, 0.717) is 26.4 Å². The number of ether oxygens (including phenoxy) is 4. The third-order valence-corrected chi connectivity index (χ3v) is 11.0. The number of fused-ring (bicyclic) bond motifs is 7. The van der Waals surface area contributed by atoms with Gasteiger partial charge >= 0.3 is 0 Å². The number of rotatable bonds is 12. The van der Waals surface area contributed by atoms with Crippen LogP contribution in [0, 0.1) is 6.42 Å². The summed E-state index contributed by atoms with van der Waals surface area (Å²) in [4.78, 5) is 12.9. The van der Waals surface area contributed by atoms with Gasteiger partial charge in [-0.1, -0.05) is 72.8 Å². The third kappa shape index (κ3) is 8.02. The molecular formula is C52H47N4O4+. The Labute approximate surface area is 349 Å². The zero-order valence-corrected chi connectivity index (χ0v) is 34.3. The van der Waals surface area contributed by atoms with E-state index in [2.05, 4.69) is 161 Å². The van der Waals surface area contributed by atoms with Crippen LogP contribution in [0.2, 0.25) is 0 Å². The summed E-state index contributed by atoms with van der Waals surface area (Å²) in [5.41, 5.74) is 16.8. The van der Waals surface area contributed by atoms with Gasteiger partial charge in [-0.3, -0.25) is 5.32 Å². The molecule has 298 valence electrons. The number of aromatic nitrogens is 2. The number of nitrogens with one attached hydrogen (secondary N) is 3. The normalized spacial score (nSPS) is 14.4. The van der Waals surface area contributed by atoms with E-state index in [4.69, 9.17) is 23.9 Å². The predicted molar refractivity (Wildman–Crippen MR) is 241 cm³/mol. The van der Waals surface area contributed by atoms with Gasteiger partial charge in [-0.15, -0.1) is 0 Å². The van der Waals surface area contributed by atoms with Crippen LogP contribution >= 0.6 is 0 Å². The van der Waals surface area contributed by atoms with Crippen LogP contribution in [0.1, 0.15) is 33.4 Å². The van der Waals surface area contributed by atoms with Crippen LogP contribution in [0.4, 0.5) is 0 Å². The van der Waals surface area contributed by atoms with Gasteiger partial charge in [-0.2, -0.15) is 0 Å². The molecule has 8 bridgehead atoms. The van der Waals surface area contributed by atoms with Crippen molar-refractivity contribution in [1.29, 1.82) is 0 Å². The average Bonchev–Trinajstić information content (AvgIpc) is 4.09. The molecule has 0 amide bonds. The summed E-state index contributed by atoms with van der Waals surface area (Å²) in [6.07, 6.45) is 13.0. The summed E-state index contributed by atoms with van der Waals surface area (Å²) in [6.45, 7) is 2.24. The van der Waals surface area contributed by atoms with Crippen molar-refractivity contribution in [3.05, 3.63) is 194 Å². The van der Waals surface area contributed by atoms with Crippen LogP contribution in [-0.2, 0) is 45.4 Å². The van der Waals surface area contributed by atoms with Crippen LogP contribution in [0.25, 0.3) is 56.9 Å². The first kappa shape index (κ1) is 38.8. The maximum atomic E-state index is 5.42. The fourth-order valence-corrected chi connectivity index (χ4v) is 8.00.